The Morgan fingerprint density at radius 2 is 1.96 bits per heavy atom. The number of carbonyl (C=O) groups is 1. The average molecular weight is 400 g/mol. The molecule has 0 spiro atoms. The van der Waals surface area contributed by atoms with Gasteiger partial charge in [-0.25, -0.2) is 15.0 Å². The van der Waals surface area contributed by atoms with Crippen LogP contribution in [0.4, 0.5) is 5.82 Å². The lowest BCUT2D eigenvalue weighted by molar-refractivity contribution is -0.117. The van der Waals surface area contributed by atoms with E-state index in [0.29, 0.717) is 18.2 Å². The van der Waals surface area contributed by atoms with E-state index in [0.717, 1.165) is 41.5 Å². The highest BCUT2D eigenvalue weighted by Gasteiger charge is 2.16. The monoisotopic (exact) mass is 399 g/mol. The van der Waals surface area contributed by atoms with Crippen LogP contribution in [0.15, 0.2) is 35.2 Å². The summed E-state index contributed by atoms with van der Waals surface area (Å²) in [5.41, 5.74) is 0.730. The maximum absolute atomic E-state index is 12.6. The van der Waals surface area contributed by atoms with E-state index in [9.17, 15) is 4.79 Å². The third kappa shape index (κ3) is 4.77. The zero-order chi connectivity index (χ0) is 18.5. The molecule has 6 nitrogen and oxygen atoms in total. The maximum atomic E-state index is 12.6. The predicted molar refractivity (Wildman–Crippen MR) is 110 cm³/mol. The number of rotatable bonds is 5. The summed E-state index contributed by atoms with van der Waals surface area (Å²) in [4.78, 5) is 29.3. The Hall–Kier alpha value is -2.16. The molecule has 8 heteroatoms. The molecule has 0 saturated carbocycles. The summed E-state index contributed by atoms with van der Waals surface area (Å²) in [6, 6.07) is 5.75. The summed E-state index contributed by atoms with van der Waals surface area (Å²) in [6.07, 6.45) is 6.59. The Balaban J connectivity index is 1.55. The summed E-state index contributed by atoms with van der Waals surface area (Å²) < 4.78 is 0. The van der Waals surface area contributed by atoms with Gasteiger partial charge in [0.25, 0.3) is 0 Å². The summed E-state index contributed by atoms with van der Waals surface area (Å²) in [5, 5.41) is 7.69. The molecule has 4 heterocycles. The zero-order valence-electron chi connectivity index (χ0n) is 14.9. The number of likely N-dealkylation sites (tertiary alicyclic amines) is 1. The molecule has 0 radical (unpaired) electrons. The highest BCUT2D eigenvalue weighted by Crippen LogP contribution is 2.27. The molecule has 1 amide bonds. The van der Waals surface area contributed by atoms with Crippen LogP contribution in [-0.4, -0.2) is 45.4 Å². The number of carbonyl (C=O) groups excluding carboxylic acids is 1. The first kappa shape index (κ1) is 18.2. The first-order chi connectivity index (χ1) is 13.3. The van der Waals surface area contributed by atoms with Crippen LogP contribution in [0.2, 0.25) is 0 Å². The number of hydrogen-bond donors (Lipinski definition) is 1. The molecular formula is C19H21N5OS2. The average Bonchev–Trinajstić information content (AvgIpc) is 3.33. The summed E-state index contributed by atoms with van der Waals surface area (Å²) in [5.74, 6) is 1.11. The minimum absolute atomic E-state index is 0.0298. The van der Waals surface area contributed by atoms with Crippen molar-refractivity contribution in [2.75, 3.05) is 25.0 Å². The topological polar surface area (TPSA) is 71.0 Å². The standard InChI is InChI=1S/C19H21N5OS2/c25-17(13-24-8-3-1-2-4-9-24)22-16-12-14(19-20-7-11-27-19)21-18(23-16)15-6-5-10-26-15/h5-7,10-12H,1-4,8-9,13H2,(H,21,22,23,25). The number of anilines is 1. The first-order valence-electron chi connectivity index (χ1n) is 9.13. The molecule has 0 bridgehead atoms. The van der Waals surface area contributed by atoms with Gasteiger partial charge in [0.15, 0.2) is 5.82 Å². The van der Waals surface area contributed by atoms with Crippen molar-refractivity contribution in [3.05, 3.63) is 35.2 Å². The van der Waals surface area contributed by atoms with Crippen LogP contribution in [0.5, 0.6) is 0 Å². The fraction of sp³-hybridized carbons (Fsp3) is 0.368. The quantitative estimate of drug-likeness (QED) is 0.698. The Bertz CT molecular complexity index is 819. The molecule has 3 aromatic heterocycles. The van der Waals surface area contributed by atoms with Crippen molar-refractivity contribution in [1.29, 1.82) is 0 Å². The van der Waals surface area contributed by atoms with Crippen molar-refractivity contribution >= 4 is 34.4 Å². The van der Waals surface area contributed by atoms with E-state index in [4.69, 9.17) is 0 Å². The number of thiophene rings is 1. The van der Waals surface area contributed by atoms with Gasteiger partial charge < -0.3 is 5.32 Å². The van der Waals surface area contributed by atoms with Gasteiger partial charge in [-0.15, -0.1) is 22.7 Å². The SMILES string of the molecule is O=C(CN1CCCCCC1)Nc1cc(-c2nccs2)nc(-c2cccs2)n1. The molecule has 0 aromatic carbocycles. The van der Waals surface area contributed by atoms with Crippen LogP contribution in [-0.2, 0) is 4.79 Å². The van der Waals surface area contributed by atoms with E-state index >= 15 is 0 Å². The van der Waals surface area contributed by atoms with E-state index in [2.05, 4.69) is 25.2 Å². The number of aromatic nitrogens is 3. The molecule has 27 heavy (non-hydrogen) atoms. The van der Waals surface area contributed by atoms with Gasteiger partial charge in [0.05, 0.1) is 11.4 Å². The first-order valence-corrected chi connectivity index (χ1v) is 10.9. The summed E-state index contributed by atoms with van der Waals surface area (Å²) in [6.45, 7) is 2.38. The van der Waals surface area contributed by atoms with E-state index in [1.807, 2.05) is 22.9 Å². The van der Waals surface area contributed by atoms with Crippen LogP contribution in [0.25, 0.3) is 21.4 Å². The molecule has 0 aliphatic carbocycles. The molecule has 4 rings (SSSR count). The fourth-order valence-electron chi connectivity index (χ4n) is 3.17. The second-order valence-corrected chi connectivity index (χ2v) is 8.36. The number of hydrogen-bond acceptors (Lipinski definition) is 7. The van der Waals surface area contributed by atoms with Gasteiger partial charge in [0.1, 0.15) is 16.5 Å². The smallest absolute Gasteiger partial charge is 0.239 e. The van der Waals surface area contributed by atoms with E-state index in [-0.39, 0.29) is 5.91 Å². The van der Waals surface area contributed by atoms with Gasteiger partial charge in [-0.2, -0.15) is 0 Å². The second-order valence-electron chi connectivity index (χ2n) is 6.52. The molecule has 140 valence electrons. The lowest BCUT2D eigenvalue weighted by atomic mass is 10.2. The third-order valence-electron chi connectivity index (χ3n) is 4.45. The van der Waals surface area contributed by atoms with Crippen LogP contribution < -0.4 is 5.32 Å². The fourth-order valence-corrected chi connectivity index (χ4v) is 4.42. The van der Waals surface area contributed by atoms with Gasteiger partial charge in [0, 0.05) is 17.6 Å². The third-order valence-corrected chi connectivity index (χ3v) is 6.11. The minimum atomic E-state index is -0.0298. The second kappa shape index (κ2) is 8.69. The largest absolute Gasteiger partial charge is 0.309 e. The molecule has 3 aromatic rings. The highest BCUT2D eigenvalue weighted by atomic mass is 32.1. The van der Waals surface area contributed by atoms with Crippen molar-refractivity contribution in [1.82, 2.24) is 19.9 Å². The van der Waals surface area contributed by atoms with Crippen LogP contribution in [0.1, 0.15) is 25.7 Å². The lowest BCUT2D eigenvalue weighted by Crippen LogP contribution is -2.34. The number of nitrogens with one attached hydrogen (secondary N) is 1. The Kier molecular flexibility index (Phi) is 5.86. The lowest BCUT2D eigenvalue weighted by Gasteiger charge is -2.18. The van der Waals surface area contributed by atoms with Crippen LogP contribution in [0.3, 0.4) is 0 Å². The molecule has 0 atom stereocenters. The summed E-state index contributed by atoms with van der Waals surface area (Å²) in [7, 11) is 0. The molecule has 1 aliphatic heterocycles. The normalized spacial score (nSPS) is 15.4. The van der Waals surface area contributed by atoms with E-state index < -0.39 is 0 Å². The Morgan fingerprint density at radius 3 is 2.67 bits per heavy atom. The van der Waals surface area contributed by atoms with Gasteiger partial charge in [-0.3, -0.25) is 9.69 Å². The van der Waals surface area contributed by atoms with Crippen LogP contribution >= 0.6 is 22.7 Å². The molecule has 1 fully saturated rings. The van der Waals surface area contributed by atoms with Crippen molar-refractivity contribution < 1.29 is 4.79 Å². The van der Waals surface area contributed by atoms with Crippen molar-refractivity contribution in [3.8, 4) is 21.4 Å². The van der Waals surface area contributed by atoms with Gasteiger partial charge >= 0.3 is 0 Å². The van der Waals surface area contributed by atoms with E-state index in [1.54, 1.807) is 23.6 Å². The number of nitrogens with zero attached hydrogens (tertiary/aromatic N) is 4. The maximum Gasteiger partial charge on any atom is 0.239 e. The Morgan fingerprint density at radius 1 is 1.11 bits per heavy atom. The van der Waals surface area contributed by atoms with Crippen molar-refractivity contribution in [3.63, 3.8) is 0 Å². The molecular weight excluding hydrogens is 378 g/mol. The Labute approximate surface area is 166 Å². The predicted octanol–water partition coefficient (Wildman–Crippen LogP) is 4.14. The molecule has 1 N–H and O–H groups in total. The van der Waals surface area contributed by atoms with Gasteiger partial charge in [0.2, 0.25) is 5.91 Å². The van der Waals surface area contributed by atoms with Crippen molar-refractivity contribution in [2.24, 2.45) is 0 Å². The minimum Gasteiger partial charge on any atom is -0.309 e. The van der Waals surface area contributed by atoms with Gasteiger partial charge in [-0.05, 0) is 37.4 Å². The molecule has 0 unspecified atom stereocenters. The molecule has 1 aliphatic rings. The van der Waals surface area contributed by atoms with Crippen molar-refractivity contribution in [2.45, 2.75) is 25.7 Å². The van der Waals surface area contributed by atoms with Crippen LogP contribution in [0, 0.1) is 0 Å². The van der Waals surface area contributed by atoms with Gasteiger partial charge in [-0.1, -0.05) is 18.9 Å². The zero-order valence-corrected chi connectivity index (χ0v) is 16.6. The number of amides is 1. The molecule has 1 saturated heterocycles. The van der Waals surface area contributed by atoms with E-state index in [1.165, 1.54) is 24.2 Å². The summed E-state index contributed by atoms with van der Waals surface area (Å²) >= 11 is 3.10. The number of thiazole rings is 1. The highest BCUT2D eigenvalue weighted by molar-refractivity contribution is 7.13.